The lowest BCUT2D eigenvalue weighted by molar-refractivity contribution is 0.316. The Labute approximate surface area is 80.0 Å². The summed E-state index contributed by atoms with van der Waals surface area (Å²) in [5.74, 6) is 0.945. The van der Waals surface area contributed by atoms with Crippen LogP contribution >= 0.6 is 0 Å². The quantitative estimate of drug-likeness (QED) is 0.693. The Balaban J connectivity index is 2.56. The minimum Gasteiger partial charge on any atom is -0.493 e. The van der Waals surface area contributed by atoms with Gasteiger partial charge in [-0.2, -0.15) is 0 Å². The molecule has 0 saturated carbocycles. The van der Waals surface area contributed by atoms with Crippen LogP contribution in [0.4, 0.5) is 0 Å². The number of aryl methyl sites for hydroxylation is 1. The summed E-state index contributed by atoms with van der Waals surface area (Å²) < 4.78 is 5.50. The van der Waals surface area contributed by atoms with E-state index in [2.05, 4.69) is 18.8 Å². The van der Waals surface area contributed by atoms with Crippen molar-refractivity contribution in [2.24, 2.45) is 0 Å². The van der Waals surface area contributed by atoms with E-state index in [1.807, 2.05) is 18.3 Å². The van der Waals surface area contributed by atoms with Crippen molar-refractivity contribution < 1.29 is 4.74 Å². The van der Waals surface area contributed by atoms with Gasteiger partial charge in [-0.1, -0.05) is 20.3 Å². The third-order valence-electron chi connectivity index (χ3n) is 1.77. The highest BCUT2D eigenvalue weighted by molar-refractivity contribution is 5.22. The minimum absolute atomic E-state index is 0.787. The molecule has 0 radical (unpaired) electrons. The van der Waals surface area contributed by atoms with Crippen LogP contribution in [0.2, 0.25) is 0 Å². The third-order valence-corrected chi connectivity index (χ3v) is 1.77. The molecule has 0 amide bonds. The molecule has 0 aliphatic carbocycles. The van der Waals surface area contributed by atoms with E-state index in [1.165, 1.54) is 0 Å². The van der Waals surface area contributed by atoms with Crippen molar-refractivity contribution in [3.8, 4) is 5.75 Å². The van der Waals surface area contributed by atoms with Gasteiger partial charge in [0.2, 0.25) is 0 Å². The minimum atomic E-state index is 0.787. The summed E-state index contributed by atoms with van der Waals surface area (Å²) in [6.07, 6.45) is 5.02. The lowest BCUT2D eigenvalue weighted by Gasteiger charge is -2.05. The summed E-state index contributed by atoms with van der Waals surface area (Å²) in [5.41, 5.74) is 1.12. The van der Waals surface area contributed by atoms with Crippen molar-refractivity contribution in [3.05, 3.63) is 24.0 Å². The molecule has 0 atom stereocenters. The largest absolute Gasteiger partial charge is 0.493 e. The number of ether oxygens (including phenoxy) is 1. The molecule has 1 heterocycles. The zero-order valence-corrected chi connectivity index (χ0v) is 8.42. The topological polar surface area (TPSA) is 22.1 Å². The van der Waals surface area contributed by atoms with Gasteiger partial charge in [0.15, 0.2) is 0 Å². The molecule has 0 spiro atoms. The summed E-state index contributed by atoms with van der Waals surface area (Å²) in [6, 6.07) is 3.94. The lowest BCUT2D eigenvalue weighted by atomic mass is 10.2. The van der Waals surface area contributed by atoms with Gasteiger partial charge in [-0.15, -0.1) is 0 Å². The Morgan fingerprint density at radius 1 is 1.31 bits per heavy atom. The monoisotopic (exact) mass is 179 g/mol. The van der Waals surface area contributed by atoms with E-state index in [9.17, 15) is 0 Å². The molecule has 2 heteroatoms. The first kappa shape index (κ1) is 10.0. The van der Waals surface area contributed by atoms with Gasteiger partial charge in [-0.25, -0.2) is 0 Å². The van der Waals surface area contributed by atoms with Crippen molar-refractivity contribution in [2.75, 3.05) is 6.61 Å². The van der Waals surface area contributed by atoms with E-state index < -0.39 is 0 Å². The second kappa shape index (κ2) is 5.57. The van der Waals surface area contributed by atoms with Gasteiger partial charge in [0, 0.05) is 18.0 Å². The van der Waals surface area contributed by atoms with Crippen LogP contribution in [-0.2, 0) is 6.42 Å². The molecule has 13 heavy (non-hydrogen) atoms. The molecular formula is C11H17NO. The maximum atomic E-state index is 5.50. The highest BCUT2D eigenvalue weighted by Gasteiger charge is 1.96. The van der Waals surface area contributed by atoms with Crippen LogP contribution < -0.4 is 4.74 Å². The first-order valence-corrected chi connectivity index (χ1v) is 4.94. The number of aromatic nitrogens is 1. The second-order valence-corrected chi connectivity index (χ2v) is 3.08. The van der Waals surface area contributed by atoms with Crippen LogP contribution in [0, 0.1) is 0 Å². The van der Waals surface area contributed by atoms with Gasteiger partial charge in [0.25, 0.3) is 0 Å². The Hall–Kier alpha value is -1.05. The fourth-order valence-corrected chi connectivity index (χ4v) is 1.16. The predicted octanol–water partition coefficient (Wildman–Crippen LogP) is 2.82. The maximum Gasteiger partial charge on any atom is 0.122 e. The summed E-state index contributed by atoms with van der Waals surface area (Å²) in [7, 11) is 0. The fraction of sp³-hybridized carbons (Fsp3) is 0.545. The van der Waals surface area contributed by atoms with Gasteiger partial charge in [-0.3, -0.25) is 4.98 Å². The zero-order chi connectivity index (χ0) is 9.52. The van der Waals surface area contributed by atoms with Crippen LogP contribution in [0.15, 0.2) is 18.3 Å². The molecule has 2 nitrogen and oxygen atoms in total. The third kappa shape index (κ3) is 3.45. The van der Waals surface area contributed by atoms with Crippen molar-refractivity contribution in [2.45, 2.75) is 33.1 Å². The van der Waals surface area contributed by atoms with Gasteiger partial charge in [-0.05, 0) is 18.9 Å². The maximum absolute atomic E-state index is 5.50. The van der Waals surface area contributed by atoms with Crippen molar-refractivity contribution in [3.63, 3.8) is 0 Å². The zero-order valence-electron chi connectivity index (χ0n) is 8.42. The van der Waals surface area contributed by atoms with E-state index in [4.69, 9.17) is 4.74 Å². The molecule has 72 valence electrons. The first-order valence-electron chi connectivity index (χ1n) is 4.94. The van der Waals surface area contributed by atoms with Gasteiger partial charge in [0.05, 0.1) is 6.61 Å². The van der Waals surface area contributed by atoms with Crippen molar-refractivity contribution in [1.82, 2.24) is 4.98 Å². The van der Waals surface area contributed by atoms with E-state index in [-0.39, 0.29) is 0 Å². The molecule has 0 unspecified atom stereocenters. The Bertz CT molecular complexity index is 248. The summed E-state index contributed by atoms with van der Waals surface area (Å²) in [4.78, 5) is 4.26. The first-order chi connectivity index (χ1) is 6.36. The highest BCUT2D eigenvalue weighted by atomic mass is 16.5. The number of hydrogen-bond donors (Lipinski definition) is 0. The molecule has 0 aliphatic rings. The SMILES string of the molecule is CCCOc1ccnc(CCC)c1. The highest BCUT2D eigenvalue weighted by Crippen LogP contribution is 2.12. The Morgan fingerprint density at radius 2 is 2.15 bits per heavy atom. The number of pyridine rings is 1. The van der Waals surface area contributed by atoms with Crippen LogP contribution in [0.3, 0.4) is 0 Å². The molecule has 0 bridgehead atoms. The molecule has 0 saturated heterocycles. The van der Waals surface area contributed by atoms with E-state index in [1.54, 1.807) is 0 Å². The van der Waals surface area contributed by atoms with Crippen LogP contribution in [-0.4, -0.2) is 11.6 Å². The number of rotatable bonds is 5. The van der Waals surface area contributed by atoms with Crippen molar-refractivity contribution in [1.29, 1.82) is 0 Å². The van der Waals surface area contributed by atoms with Crippen LogP contribution in [0.5, 0.6) is 5.75 Å². The van der Waals surface area contributed by atoms with Gasteiger partial charge < -0.3 is 4.74 Å². The van der Waals surface area contributed by atoms with E-state index in [0.717, 1.165) is 37.3 Å². The molecule has 1 aromatic heterocycles. The Morgan fingerprint density at radius 3 is 2.85 bits per heavy atom. The molecule has 0 fully saturated rings. The van der Waals surface area contributed by atoms with Crippen LogP contribution in [0.1, 0.15) is 32.4 Å². The summed E-state index contributed by atoms with van der Waals surface area (Å²) >= 11 is 0. The smallest absolute Gasteiger partial charge is 0.122 e. The average Bonchev–Trinajstić information content (AvgIpc) is 2.16. The second-order valence-electron chi connectivity index (χ2n) is 3.08. The average molecular weight is 179 g/mol. The van der Waals surface area contributed by atoms with E-state index >= 15 is 0 Å². The standard InChI is InChI=1S/C11H17NO/c1-3-5-10-9-11(6-7-12-10)13-8-4-2/h6-7,9H,3-5,8H2,1-2H3. The molecular weight excluding hydrogens is 162 g/mol. The molecule has 0 aliphatic heterocycles. The number of nitrogens with zero attached hydrogens (tertiary/aromatic N) is 1. The predicted molar refractivity (Wildman–Crippen MR) is 54.0 cm³/mol. The van der Waals surface area contributed by atoms with E-state index in [0.29, 0.717) is 0 Å². The lowest BCUT2D eigenvalue weighted by Crippen LogP contribution is -1.96. The summed E-state index contributed by atoms with van der Waals surface area (Å²) in [5, 5.41) is 0. The molecule has 0 N–H and O–H groups in total. The van der Waals surface area contributed by atoms with Gasteiger partial charge in [0.1, 0.15) is 5.75 Å². The van der Waals surface area contributed by atoms with Crippen molar-refractivity contribution >= 4 is 0 Å². The molecule has 1 aromatic rings. The molecule has 1 rings (SSSR count). The normalized spacial score (nSPS) is 10.0. The fourth-order valence-electron chi connectivity index (χ4n) is 1.16. The summed E-state index contributed by atoms with van der Waals surface area (Å²) in [6.45, 7) is 5.05. The Kier molecular flexibility index (Phi) is 4.30. The number of hydrogen-bond acceptors (Lipinski definition) is 2. The van der Waals surface area contributed by atoms with Gasteiger partial charge >= 0.3 is 0 Å². The molecule has 0 aromatic carbocycles. The van der Waals surface area contributed by atoms with Crippen LogP contribution in [0.25, 0.3) is 0 Å².